The van der Waals surface area contributed by atoms with Gasteiger partial charge in [0.05, 0.1) is 11.5 Å². The highest BCUT2D eigenvalue weighted by molar-refractivity contribution is 7.89. The molecule has 3 aromatic rings. The maximum Gasteiger partial charge on any atom is 0.341 e. The van der Waals surface area contributed by atoms with Crippen molar-refractivity contribution in [2.75, 3.05) is 11.9 Å². The van der Waals surface area contributed by atoms with Gasteiger partial charge in [0.25, 0.3) is 0 Å². The fourth-order valence-corrected chi connectivity index (χ4v) is 5.72. The molecule has 0 fully saturated rings. The highest BCUT2D eigenvalue weighted by Crippen LogP contribution is 2.40. The zero-order valence-corrected chi connectivity index (χ0v) is 20.6. The number of thiophene rings is 1. The molecule has 0 aliphatic heterocycles. The van der Waals surface area contributed by atoms with Crippen LogP contribution in [0.2, 0.25) is 0 Å². The van der Waals surface area contributed by atoms with Crippen LogP contribution in [0.3, 0.4) is 0 Å². The van der Waals surface area contributed by atoms with Crippen molar-refractivity contribution in [2.24, 2.45) is 0 Å². The molecule has 180 valence electrons. The van der Waals surface area contributed by atoms with Gasteiger partial charge in [-0.15, -0.1) is 11.3 Å². The summed E-state index contributed by atoms with van der Waals surface area (Å²) in [4.78, 5) is 26.5. The van der Waals surface area contributed by atoms with Gasteiger partial charge in [-0.3, -0.25) is 4.79 Å². The molecule has 0 aliphatic rings. The van der Waals surface area contributed by atoms with Crippen LogP contribution in [-0.2, 0) is 19.6 Å². The molecule has 1 unspecified atom stereocenters. The van der Waals surface area contributed by atoms with Crippen LogP contribution < -0.4 is 10.0 Å². The summed E-state index contributed by atoms with van der Waals surface area (Å²) in [7, 11) is -4.07. The van der Waals surface area contributed by atoms with Gasteiger partial charge in [0.2, 0.25) is 15.9 Å². The lowest BCUT2D eigenvalue weighted by Gasteiger charge is -2.17. The SMILES string of the molecule is CCOC(=O)c1c(NC(=O)C(CC)NS(=O)(=O)c2ccc(F)cc2)sc(C)c1-c1ccccc1. The van der Waals surface area contributed by atoms with Crippen molar-refractivity contribution < 1.29 is 27.1 Å². The number of anilines is 1. The number of amides is 1. The molecule has 1 amide bonds. The van der Waals surface area contributed by atoms with Gasteiger partial charge in [0, 0.05) is 10.4 Å². The van der Waals surface area contributed by atoms with E-state index >= 15 is 0 Å². The van der Waals surface area contributed by atoms with Crippen molar-refractivity contribution in [1.29, 1.82) is 0 Å². The van der Waals surface area contributed by atoms with Crippen molar-refractivity contribution in [1.82, 2.24) is 4.72 Å². The van der Waals surface area contributed by atoms with E-state index in [-0.39, 0.29) is 28.5 Å². The topological polar surface area (TPSA) is 102 Å². The van der Waals surface area contributed by atoms with Crippen molar-refractivity contribution >= 4 is 38.2 Å². The fraction of sp³-hybridized carbons (Fsp3) is 0.250. The number of ether oxygens (including phenoxy) is 1. The van der Waals surface area contributed by atoms with Gasteiger partial charge in [-0.25, -0.2) is 17.6 Å². The quantitative estimate of drug-likeness (QED) is 0.410. The molecule has 34 heavy (non-hydrogen) atoms. The summed E-state index contributed by atoms with van der Waals surface area (Å²) in [5.41, 5.74) is 1.67. The van der Waals surface area contributed by atoms with Crippen LogP contribution in [0.25, 0.3) is 11.1 Å². The molecule has 0 spiro atoms. The van der Waals surface area contributed by atoms with Crippen LogP contribution in [0.1, 0.15) is 35.5 Å². The number of esters is 1. The van der Waals surface area contributed by atoms with Crippen molar-refractivity contribution in [3.05, 3.63) is 70.9 Å². The van der Waals surface area contributed by atoms with E-state index in [2.05, 4.69) is 10.0 Å². The van der Waals surface area contributed by atoms with Gasteiger partial charge in [-0.2, -0.15) is 4.72 Å². The van der Waals surface area contributed by atoms with Crippen LogP contribution in [0.4, 0.5) is 9.39 Å². The largest absolute Gasteiger partial charge is 0.462 e. The number of nitrogens with one attached hydrogen (secondary N) is 2. The molecule has 1 aromatic heterocycles. The van der Waals surface area contributed by atoms with E-state index in [4.69, 9.17) is 4.74 Å². The maximum absolute atomic E-state index is 13.2. The number of aryl methyl sites for hydroxylation is 1. The molecule has 2 aromatic carbocycles. The standard InChI is InChI=1S/C24H25FN2O5S2/c1-4-19(27-34(30,31)18-13-11-17(25)12-14-18)22(28)26-23-21(24(29)32-5-2)20(15(3)33-23)16-9-7-6-8-10-16/h6-14,19,27H,4-5H2,1-3H3,(H,26,28). The fourth-order valence-electron chi connectivity index (χ4n) is 3.37. The lowest BCUT2D eigenvalue weighted by Crippen LogP contribution is -2.43. The molecule has 3 rings (SSSR count). The summed E-state index contributed by atoms with van der Waals surface area (Å²) in [6.07, 6.45) is 0.150. The minimum absolute atomic E-state index is 0.150. The van der Waals surface area contributed by atoms with Crippen molar-refractivity contribution in [3.8, 4) is 11.1 Å². The minimum Gasteiger partial charge on any atom is -0.462 e. The van der Waals surface area contributed by atoms with Gasteiger partial charge in [0.15, 0.2) is 0 Å². The maximum atomic E-state index is 13.2. The molecule has 1 heterocycles. The first-order valence-corrected chi connectivity index (χ1v) is 12.9. The first kappa shape index (κ1) is 25.5. The van der Waals surface area contributed by atoms with Gasteiger partial charge >= 0.3 is 5.97 Å². The van der Waals surface area contributed by atoms with Crippen molar-refractivity contribution in [3.63, 3.8) is 0 Å². The number of hydrogen-bond acceptors (Lipinski definition) is 6. The Morgan fingerprint density at radius 1 is 1.06 bits per heavy atom. The number of hydrogen-bond donors (Lipinski definition) is 2. The molecule has 0 bridgehead atoms. The normalized spacial score (nSPS) is 12.2. The zero-order chi connectivity index (χ0) is 24.9. The average molecular weight is 505 g/mol. The summed E-state index contributed by atoms with van der Waals surface area (Å²) in [6.45, 7) is 5.33. The summed E-state index contributed by atoms with van der Waals surface area (Å²) < 4.78 is 46.1. The van der Waals surface area contributed by atoms with Crippen LogP contribution in [0.15, 0.2) is 59.5 Å². The predicted molar refractivity (Wildman–Crippen MR) is 130 cm³/mol. The monoisotopic (exact) mass is 504 g/mol. The molecule has 0 radical (unpaired) electrons. The lowest BCUT2D eigenvalue weighted by molar-refractivity contribution is -0.117. The van der Waals surface area contributed by atoms with Crippen LogP contribution >= 0.6 is 11.3 Å². The molecule has 7 nitrogen and oxygen atoms in total. The lowest BCUT2D eigenvalue weighted by atomic mass is 10.0. The van der Waals surface area contributed by atoms with E-state index < -0.39 is 33.8 Å². The molecule has 0 saturated carbocycles. The van der Waals surface area contributed by atoms with Crippen LogP contribution in [-0.4, -0.2) is 32.9 Å². The molecule has 10 heteroatoms. The second kappa shape index (κ2) is 10.9. The zero-order valence-electron chi connectivity index (χ0n) is 18.9. The molecule has 0 aliphatic carbocycles. The number of halogens is 1. The average Bonchev–Trinajstić information content (AvgIpc) is 3.13. The smallest absolute Gasteiger partial charge is 0.341 e. The Kier molecular flexibility index (Phi) is 8.19. The highest BCUT2D eigenvalue weighted by Gasteiger charge is 2.29. The Morgan fingerprint density at radius 3 is 2.29 bits per heavy atom. The first-order valence-electron chi connectivity index (χ1n) is 10.6. The number of benzene rings is 2. The second-order valence-electron chi connectivity index (χ2n) is 7.35. The van der Waals surface area contributed by atoms with Gasteiger partial charge in [0.1, 0.15) is 22.4 Å². The first-order chi connectivity index (χ1) is 16.2. The summed E-state index contributed by atoms with van der Waals surface area (Å²) >= 11 is 1.21. The third-order valence-corrected chi connectivity index (χ3v) is 7.52. The van der Waals surface area contributed by atoms with Crippen LogP contribution in [0.5, 0.6) is 0 Å². The molecule has 0 saturated heterocycles. The van der Waals surface area contributed by atoms with Crippen LogP contribution in [0, 0.1) is 12.7 Å². The van der Waals surface area contributed by atoms with E-state index in [0.29, 0.717) is 5.56 Å². The molecule has 2 N–H and O–H groups in total. The van der Waals surface area contributed by atoms with E-state index in [1.54, 1.807) is 13.8 Å². The third kappa shape index (κ3) is 5.69. The van der Waals surface area contributed by atoms with E-state index in [0.717, 1.165) is 34.7 Å². The van der Waals surface area contributed by atoms with Gasteiger partial charge < -0.3 is 10.1 Å². The van der Waals surface area contributed by atoms with Gasteiger partial charge in [-0.1, -0.05) is 37.3 Å². The Labute approximate surface area is 202 Å². The third-order valence-electron chi connectivity index (χ3n) is 5.01. The number of carbonyl (C=O) groups is 2. The Balaban J connectivity index is 1.92. The summed E-state index contributed by atoms with van der Waals surface area (Å²) in [5.74, 6) is -1.78. The predicted octanol–water partition coefficient (Wildman–Crippen LogP) is 4.73. The highest BCUT2D eigenvalue weighted by atomic mass is 32.2. The molecular formula is C24H25FN2O5S2. The van der Waals surface area contributed by atoms with E-state index in [1.165, 1.54) is 11.3 Å². The van der Waals surface area contributed by atoms with E-state index in [1.807, 2.05) is 37.3 Å². The number of sulfonamides is 1. The molecular weight excluding hydrogens is 479 g/mol. The summed E-state index contributed by atoms with van der Waals surface area (Å²) in [6, 6.07) is 12.4. The van der Waals surface area contributed by atoms with Gasteiger partial charge in [-0.05, 0) is 50.1 Å². The Morgan fingerprint density at radius 2 is 1.71 bits per heavy atom. The summed E-state index contributed by atoms with van der Waals surface area (Å²) in [5, 5.41) is 2.98. The Hall–Kier alpha value is -3.08. The minimum atomic E-state index is -4.07. The Bertz CT molecular complexity index is 1270. The number of rotatable bonds is 9. The molecule has 1 atom stereocenters. The van der Waals surface area contributed by atoms with Crippen molar-refractivity contribution in [2.45, 2.75) is 38.1 Å². The second-order valence-corrected chi connectivity index (χ2v) is 10.3. The number of carbonyl (C=O) groups excluding carboxylic acids is 2. The van der Waals surface area contributed by atoms with E-state index in [9.17, 15) is 22.4 Å².